The Bertz CT molecular complexity index is 221. The van der Waals surface area contributed by atoms with E-state index in [1.807, 2.05) is 0 Å². The molecular formula is C10H20N2O4. The molecule has 0 heterocycles. The summed E-state index contributed by atoms with van der Waals surface area (Å²) in [6.07, 6.45) is 0. The van der Waals surface area contributed by atoms with Gasteiger partial charge in [-0.2, -0.15) is 0 Å². The number of nitrogens with zero attached hydrogens (tertiary/aromatic N) is 1. The van der Waals surface area contributed by atoms with Crippen LogP contribution in [-0.2, 0) is 19.1 Å². The molecule has 1 amide bonds. The number of likely N-dealkylation sites (N-methyl/N-ethyl adjacent to an activating group) is 1. The Morgan fingerprint density at radius 1 is 1.38 bits per heavy atom. The monoisotopic (exact) mass is 232 g/mol. The minimum Gasteiger partial charge on any atom is -0.465 e. The molecule has 0 atom stereocenters. The molecule has 0 aliphatic rings. The summed E-state index contributed by atoms with van der Waals surface area (Å²) < 4.78 is 9.66. The highest BCUT2D eigenvalue weighted by atomic mass is 16.5. The van der Waals surface area contributed by atoms with Crippen molar-refractivity contribution in [1.82, 2.24) is 10.2 Å². The lowest BCUT2D eigenvalue weighted by molar-refractivity contribution is -0.149. The normalized spacial score (nSPS) is 9.94. The van der Waals surface area contributed by atoms with Crippen molar-refractivity contribution in [2.24, 2.45) is 0 Å². The van der Waals surface area contributed by atoms with Crippen LogP contribution in [0.1, 0.15) is 6.92 Å². The molecule has 1 N–H and O–H groups in total. The number of rotatable bonds is 8. The Morgan fingerprint density at radius 3 is 2.56 bits per heavy atom. The van der Waals surface area contributed by atoms with Crippen molar-refractivity contribution in [2.75, 3.05) is 47.0 Å². The molecule has 0 aliphatic carbocycles. The Labute approximate surface area is 95.9 Å². The van der Waals surface area contributed by atoms with Crippen LogP contribution in [0.3, 0.4) is 0 Å². The lowest BCUT2D eigenvalue weighted by Gasteiger charge is -2.21. The summed E-state index contributed by atoms with van der Waals surface area (Å²) >= 11 is 0. The Balaban J connectivity index is 4.18. The number of hydrogen-bond donors (Lipinski definition) is 1. The highest BCUT2D eigenvalue weighted by Gasteiger charge is 2.16. The molecule has 0 aliphatic heterocycles. The van der Waals surface area contributed by atoms with E-state index in [1.54, 1.807) is 21.1 Å². The highest BCUT2D eigenvalue weighted by Crippen LogP contribution is 1.92. The zero-order valence-electron chi connectivity index (χ0n) is 10.1. The van der Waals surface area contributed by atoms with Gasteiger partial charge in [0.15, 0.2) is 0 Å². The molecule has 0 unspecified atom stereocenters. The van der Waals surface area contributed by atoms with Crippen LogP contribution >= 0.6 is 0 Å². The third kappa shape index (κ3) is 6.36. The molecule has 0 fully saturated rings. The first-order valence-corrected chi connectivity index (χ1v) is 5.22. The molecule has 0 aromatic heterocycles. The van der Waals surface area contributed by atoms with Crippen molar-refractivity contribution in [3.8, 4) is 0 Å². The van der Waals surface area contributed by atoms with Crippen LogP contribution in [0, 0.1) is 0 Å². The number of esters is 1. The number of carbonyl (C=O) groups excluding carboxylic acids is 2. The number of hydrogen-bond acceptors (Lipinski definition) is 5. The van der Waals surface area contributed by atoms with E-state index in [9.17, 15) is 9.59 Å². The zero-order chi connectivity index (χ0) is 12.4. The standard InChI is InChI=1S/C10H20N2O4/c1-4-16-10(14)8-12(5-6-15-3)9(13)7-11-2/h11H,4-8H2,1-3H3. The largest absolute Gasteiger partial charge is 0.465 e. The van der Waals surface area contributed by atoms with Crippen LogP contribution in [0.5, 0.6) is 0 Å². The van der Waals surface area contributed by atoms with Gasteiger partial charge >= 0.3 is 5.97 Å². The van der Waals surface area contributed by atoms with E-state index < -0.39 is 5.97 Å². The summed E-state index contributed by atoms with van der Waals surface area (Å²) in [5.41, 5.74) is 0. The van der Waals surface area contributed by atoms with Crippen molar-refractivity contribution in [3.63, 3.8) is 0 Å². The van der Waals surface area contributed by atoms with Gasteiger partial charge in [0, 0.05) is 13.7 Å². The summed E-state index contributed by atoms with van der Waals surface area (Å²) in [5.74, 6) is -0.546. The highest BCUT2D eigenvalue weighted by molar-refractivity contribution is 5.83. The van der Waals surface area contributed by atoms with Gasteiger partial charge in [0.05, 0.1) is 19.8 Å². The van der Waals surface area contributed by atoms with Crippen LogP contribution in [0.25, 0.3) is 0 Å². The maximum Gasteiger partial charge on any atom is 0.325 e. The molecule has 0 aromatic rings. The minimum absolute atomic E-state index is 0.0300. The summed E-state index contributed by atoms with van der Waals surface area (Å²) in [6.45, 7) is 3.00. The van der Waals surface area contributed by atoms with E-state index >= 15 is 0 Å². The molecule has 0 aromatic carbocycles. The number of carbonyl (C=O) groups is 2. The number of nitrogens with one attached hydrogen (secondary N) is 1. The van der Waals surface area contributed by atoms with E-state index in [4.69, 9.17) is 9.47 Å². The van der Waals surface area contributed by atoms with E-state index in [1.165, 1.54) is 4.90 Å². The molecule has 6 nitrogen and oxygen atoms in total. The van der Waals surface area contributed by atoms with E-state index in [-0.39, 0.29) is 19.0 Å². The van der Waals surface area contributed by atoms with Gasteiger partial charge in [0.25, 0.3) is 0 Å². The fraction of sp³-hybridized carbons (Fsp3) is 0.800. The molecule has 94 valence electrons. The summed E-state index contributed by atoms with van der Waals surface area (Å²) in [4.78, 5) is 24.3. The maximum absolute atomic E-state index is 11.6. The molecule has 6 heteroatoms. The third-order valence-corrected chi connectivity index (χ3v) is 1.87. The van der Waals surface area contributed by atoms with Crippen LogP contribution in [0.15, 0.2) is 0 Å². The second-order valence-electron chi connectivity index (χ2n) is 3.14. The quantitative estimate of drug-likeness (QED) is 0.557. The lowest BCUT2D eigenvalue weighted by Crippen LogP contribution is -2.42. The van der Waals surface area contributed by atoms with Gasteiger partial charge in [-0.25, -0.2) is 0 Å². The second-order valence-corrected chi connectivity index (χ2v) is 3.14. The van der Waals surface area contributed by atoms with Gasteiger partial charge in [-0.3, -0.25) is 9.59 Å². The third-order valence-electron chi connectivity index (χ3n) is 1.87. The smallest absolute Gasteiger partial charge is 0.325 e. The summed E-state index contributed by atoms with van der Waals surface area (Å²) in [5, 5.41) is 2.75. The first kappa shape index (κ1) is 14.9. The van der Waals surface area contributed by atoms with Gasteiger partial charge < -0.3 is 19.7 Å². The summed E-state index contributed by atoms with van der Waals surface area (Å²) in [6, 6.07) is 0. The SMILES string of the molecule is CCOC(=O)CN(CCOC)C(=O)CNC. The molecule has 0 radical (unpaired) electrons. The van der Waals surface area contributed by atoms with Crippen LogP contribution in [-0.4, -0.2) is 63.8 Å². The molecule has 0 saturated carbocycles. The Morgan fingerprint density at radius 2 is 2.06 bits per heavy atom. The van der Waals surface area contributed by atoms with Gasteiger partial charge in [-0.15, -0.1) is 0 Å². The van der Waals surface area contributed by atoms with E-state index in [0.717, 1.165) is 0 Å². The van der Waals surface area contributed by atoms with E-state index in [2.05, 4.69) is 5.32 Å². The molecule has 0 bridgehead atoms. The average Bonchev–Trinajstić information content (AvgIpc) is 2.24. The number of methoxy groups -OCH3 is 1. The topological polar surface area (TPSA) is 67.9 Å². The van der Waals surface area contributed by atoms with Gasteiger partial charge in [-0.05, 0) is 14.0 Å². The predicted octanol–water partition coefficient (Wildman–Crippen LogP) is -0.756. The van der Waals surface area contributed by atoms with Crippen LogP contribution in [0.2, 0.25) is 0 Å². The van der Waals surface area contributed by atoms with Gasteiger partial charge in [0.1, 0.15) is 6.54 Å². The molecule has 16 heavy (non-hydrogen) atoms. The molecule has 0 saturated heterocycles. The number of ether oxygens (including phenoxy) is 2. The lowest BCUT2D eigenvalue weighted by atomic mass is 10.4. The van der Waals surface area contributed by atoms with Crippen molar-refractivity contribution < 1.29 is 19.1 Å². The van der Waals surface area contributed by atoms with Crippen LogP contribution in [0.4, 0.5) is 0 Å². The van der Waals surface area contributed by atoms with Crippen LogP contribution < -0.4 is 5.32 Å². The van der Waals surface area contributed by atoms with Gasteiger partial charge in [0.2, 0.25) is 5.91 Å². The summed E-state index contributed by atoms with van der Waals surface area (Å²) in [7, 11) is 3.22. The molecule has 0 rings (SSSR count). The first-order valence-electron chi connectivity index (χ1n) is 5.22. The average molecular weight is 232 g/mol. The fourth-order valence-corrected chi connectivity index (χ4v) is 1.12. The van der Waals surface area contributed by atoms with Crippen molar-refractivity contribution in [2.45, 2.75) is 6.92 Å². The van der Waals surface area contributed by atoms with Crippen molar-refractivity contribution in [3.05, 3.63) is 0 Å². The Hall–Kier alpha value is -1.14. The maximum atomic E-state index is 11.6. The zero-order valence-corrected chi connectivity index (χ0v) is 10.1. The van der Waals surface area contributed by atoms with E-state index in [0.29, 0.717) is 19.8 Å². The molecular weight excluding hydrogens is 212 g/mol. The van der Waals surface area contributed by atoms with Gasteiger partial charge in [-0.1, -0.05) is 0 Å². The first-order chi connectivity index (χ1) is 7.65. The van der Waals surface area contributed by atoms with Crippen molar-refractivity contribution in [1.29, 1.82) is 0 Å². The Kier molecular flexibility index (Phi) is 8.46. The number of amides is 1. The fourth-order valence-electron chi connectivity index (χ4n) is 1.12. The predicted molar refractivity (Wildman–Crippen MR) is 59.0 cm³/mol. The van der Waals surface area contributed by atoms with Crippen molar-refractivity contribution >= 4 is 11.9 Å². The second kappa shape index (κ2) is 9.11. The molecule has 0 spiro atoms. The minimum atomic E-state index is -0.400.